The Labute approximate surface area is 220 Å². The van der Waals surface area contributed by atoms with E-state index < -0.39 is 15.9 Å². The molecular weight excluding hydrogens is 512 g/mol. The number of anilines is 2. The summed E-state index contributed by atoms with van der Waals surface area (Å²) in [6, 6.07) is 12.7. The van der Waals surface area contributed by atoms with Gasteiger partial charge < -0.3 is 14.8 Å². The van der Waals surface area contributed by atoms with Gasteiger partial charge in [-0.25, -0.2) is 13.4 Å². The predicted octanol–water partition coefficient (Wildman–Crippen LogP) is 5.46. The van der Waals surface area contributed by atoms with Crippen LogP contribution in [0.5, 0.6) is 11.5 Å². The van der Waals surface area contributed by atoms with Gasteiger partial charge in [0.25, 0.3) is 15.9 Å². The molecule has 0 aliphatic carbocycles. The van der Waals surface area contributed by atoms with Crippen molar-refractivity contribution >= 4 is 44.2 Å². The number of nitrogens with zero attached hydrogens (tertiary/aromatic N) is 2. The van der Waals surface area contributed by atoms with Crippen LogP contribution in [0.3, 0.4) is 0 Å². The fourth-order valence-corrected chi connectivity index (χ4v) is 5.07. The molecule has 2 N–H and O–H groups in total. The van der Waals surface area contributed by atoms with E-state index in [1.54, 1.807) is 23.6 Å². The second kappa shape index (κ2) is 13.4. The summed E-state index contributed by atoms with van der Waals surface area (Å²) in [6.45, 7) is 2.73. The first-order chi connectivity index (χ1) is 17.9. The second-order valence-electron chi connectivity index (χ2n) is 7.91. The Morgan fingerprint density at radius 1 is 1.14 bits per heavy atom. The summed E-state index contributed by atoms with van der Waals surface area (Å²) in [5.41, 5.74) is 0.803. The molecule has 0 aliphatic heterocycles. The number of thiazole rings is 1. The highest BCUT2D eigenvalue weighted by Gasteiger charge is 2.16. The van der Waals surface area contributed by atoms with Crippen LogP contribution in [0.4, 0.5) is 10.8 Å². The molecular formula is C26H28N4O5S2. The lowest BCUT2D eigenvalue weighted by molar-refractivity contribution is -0.112. The van der Waals surface area contributed by atoms with Crippen molar-refractivity contribution in [1.29, 1.82) is 5.26 Å². The van der Waals surface area contributed by atoms with Crippen LogP contribution < -0.4 is 19.5 Å². The van der Waals surface area contributed by atoms with Crippen molar-refractivity contribution in [3.05, 3.63) is 65.2 Å². The minimum Gasteiger partial charge on any atom is -0.493 e. The predicted molar refractivity (Wildman–Crippen MR) is 144 cm³/mol. The van der Waals surface area contributed by atoms with Gasteiger partial charge in [-0.3, -0.25) is 9.52 Å². The third-order valence-corrected chi connectivity index (χ3v) is 7.37. The first-order valence-electron chi connectivity index (χ1n) is 11.6. The number of nitrogens with one attached hydrogen (secondary N) is 2. The van der Waals surface area contributed by atoms with Crippen LogP contribution in [-0.2, 0) is 14.8 Å². The van der Waals surface area contributed by atoms with Gasteiger partial charge in [-0.2, -0.15) is 5.26 Å². The maximum absolute atomic E-state index is 12.7. The van der Waals surface area contributed by atoms with E-state index in [0.29, 0.717) is 29.4 Å². The van der Waals surface area contributed by atoms with Gasteiger partial charge in [-0.05, 0) is 54.5 Å². The first-order valence-corrected chi connectivity index (χ1v) is 14.0. The number of nitriles is 1. The molecule has 0 saturated heterocycles. The number of aromatic nitrogens is 1. The molecule has 0 fully saturated rings. The number of carbonyl (C=O) groups excluding carboxylic acids is 1. The molecule has 11 heteroatoms. The second-order valence-corrected chi connectivity index (χ2v) is 10.5. The Morgan fingerprint density at radius 3 is 2.57 bits per heavy atom. The number of ether oxygens (including phenoxy) is 2. The summed E-state index contributed by atoms with van der Waals surface area (Å²) >= 11 is 1.16. The Hall–Kier alpha value is -3.88. The summed E-state index contributed by atoms with van der Waals surface area (Å²) in [6.07, 6.45) is 7.30. The number of amides is 1. The van der Waals surface area contributed by atoms with E-state index in [-0.39, 0.29) is 15.6 Å². The van der Waals surface area contributed by atoms with Crippen molar-refractivity contribution in [2.24, 2.45) is 0 Å². The highest BCUT2D eigenvalue weighted by atomic mass is 32.2. The van der Waals surface area contributed by atoms with Gasteiger partial charge in [-0.15, -0.1) is 11.3 Å². The number of hydrogen-bond acceptors (Lipinski definition) is 8. The van der Waals surface area contributed by atoms with Crippen molar-refractivity contribution in [1.82, 2.24) is 4.98 Å². The molecule has 2 aromatic carbocycles. The highest BCUT2D eigenvalue weighted by molar-refractivity contribution is 7.93. The van der Waals surface area contributed by atoms with Crippen molar-refractivity contribution in [2.75, 3.05) is 23.8 Å². The molecule has 0 aliphatic rings. The summed E-state index contributed by atoms with van der Waals surface area (Å²) in [5.74, 6) is 0.470. The lowest BCUT2D eigenvalue weighted by Gasteiger charge is -2.11. The molecule has 0 saturated carbocycles. The Balaban J connectivity index is 1.66. The lowest BCUT2D eigenvalue weighted by Crippen LogP contribution is -2.15. The Bertz CT molecular complexity index is 1360. The third-order valence-electron chi connectivity index (χ3n) is 5.20. The van der Waals surface area contributed by atoms with E-state index in [1.807, 2.05) is 6.07 Å². The Morgan fingerprint density at radius 2 is 1.92 bits per heavy atom. The largest absolute Gasteiger partial charge is 0.493 e. The zero-order chi connectivity index (χ0) is 26.7. The van der Waals surface area contributed by atoms with E-state index in [0.717, 1.165) is 37.0 Å². The van der Waals surface area contributed by atoms with E-state index in [2.05, 4.69) is 21.9 Å². The van der Waals surface area contributed by atoms with Crippen LogP contribution in [0, 0.1) is 11.3 Å². The molecule has 9 nitrogen and oxygen atoms in total. The van der Waals surface area contributed by atoms with Crippen LogP contribution in [0.1, 0.15) is 38.2 Å². The van der Waals surface area contributed by atoms with Crippen molar-refractivity contribution in [3.63, 3.8) is 0 Å². The van der Waals surface area contributed by atoms with Crippen LogP contribution in [0.2, 0.25) is 0 Å². The molecule has 0 bridgehead atoms. The number of benzene rings is 2. The van der Waals surface area contributed by atoms with Gasteiger partial charge >= 0.3 is 0 Å². The lowest BCUT2D eigenvalue weighted by atomic mass is 10.1. The average molecular weight is 541 g/mol. The fraction of sp³-hybridized carbons (Fsp3) is 0.269. The Kier molecular flexibility index (Phi) is 10.1. The zero-order valence-corrected chi connectivity index (χ0v) is 22.2. The number of hydrogen-bond donors (Lipinski definition) is 2. The average Bonchev–Trinajstić information content (AvgIpc) is 3.40. The summed E-state index contributed by atoms with van der Waals surface area (Å²) in [7, 11) is -2.28. The summed E-state index contributed by atoms with van der Waals surface area (Å²) in [5, 5.41) is 14.1. The molecule has 0 unspecified atom stereocenters. The molecule has 0 atom stereocenters. The maximum atomic E-state index is 12.7. The van der Waals surface area contributed by atoms with E-state index in [1.165, 1.54) is 43.6 Å². The third kappa shape index (κ3) is 8.06. The SMILES string of the molecule is CCCCCCOc1ccc(/C=C(\C#N)C(=O)Nc2ccc(S(=O)(=O)Nc3nccs3)cc2)cc1OC. The maximum Gasteiger partial charge on any atom is 0.266 e. The van der Waals surface area contributed by atoms with Gasteiger partial charge in [-0.1, -0.05) is 32.3 Å². The molecule has 37 heavy (non-hydrogen) atoms. The molecule has 0 spiro atoms. The number of unbranched alkanes of at least 4 members (excludes halogenated alkanes) is 3. The number of sulfonamides is 1. The van der Waals surface area contributed by atoms with E-state index in [4.69, 9.17) is 9.47 Å². The van der Waals surface area contributed by atoms with Crippen molar-refractivity contribution in [2.45, 2.75) is 37.5 Å². The van der Waals surface area contributed by atoms with Crippen molar-refractivity contribution < 1.29 is 22.7 Å². The first kappa shape index (κ1) is 27.7. The van der Waals surface area contributed by atoms with Crippen LogP contribution in [0.25, 0.3) is 6.08 Å². The fourth-order valence-electron chi connectivity index (χ4n) is 3.28. The van der Waals surface area contributed by atoms with Crippen LogP contribution >= 0.6 is 11.3 Å². The number of carbonyl (C=O) groups is 1. The quantitative estimate of drug-likeness (QED) is 0.167. The highest BCUT2D eigenvalue weighted by Crippen LogP contribution is 2.29. The molecule has 1 aromatic heterocycles. The molecule has 194 valence electrons. The minimum atomic E-state index is -3.81. The molecule has 1 amide bonds. The minimum absolute atomic E-state index is 0.0107. The van der Waals surface area contributed by atoms with Crippen LogP contribution in [-0.4, -0.2) is 33.0 Å². The number of methoxy groups -OCH3 is 1. The monoisotopic (exact) mass is 540 g/mol. The number of rotatable bonds is 13. The van der Waals surface area contributed by atoms with Crippen molar-refractivity contribution in [3.8, 4) is 17.6 Å². The zero-order valence-electron chi connectivity index (χ0n) is 20.6. The molecule has 0 radical (unpaired) electrons. The van der Waals surface area contributed by atoms with Gasteiger partial charge in [0, 0.05) is 17.3 Å². The molecule has 3 aromatic rings. The van der Waals surface area contributed by atoms with E-state index in [9.17, 15) is 18.5 Å². The summed E-state index contributed by atoms with van der Waals surface area (Å²) in [4.78, 5) is 16.6. The van der Waals surface area contributed by atoms with Gasteiger partial charge in [0.2, 0.25) is 0 Å². The van der Waals surface area contributed by atoms with Gasteiger partial charge in [0.05, 0.1) is 18.6 Å². The standard InChI is InChI=1S/C26H28N4O5S2/c1-3-4-5-6-14-35-23-12-7-19(17-24(23)34-2)16-20(18-27)25(31)29-21-8-10-22(11-9-21)37(32,33)30-26-28-13-15-36-26/h7-13,15-17H,3-6,14H2,1-2H3,(H,28,30)(H,29,31)/b20-16+. The van der Waals surface area contributed by atoms with Crippen LogP contribution in [0.15, 0.2) is 64.5 Å². The van der Waals surface area contributed by atoms with Gasteiger partial charge in [0.1, 0.15) is 11.6 Å². The topological polar surface area (TPSA) is 130 Å². The van der Waals surface area contributed by atoms with Gasteiger partial charge in [0.15, 0.2) is 16.6 Å². The smallest absolute Gasteiger partial charge is 0.266 e. The molecule has 1 heterocycles. The summed E-state index contributed by atoms with van der Waals surface area (Å²) < 4.78 is 38.5. The van der Waals surface area contributed by atoms with E-state index >= 15 is 0 Å². The molecule has 3 rings (SSSR count). The normalized spacial score (nSPS) is 11.4.